The van der Waals surface area contributed by atoms with E-state index in [1.807, 2.05) is 17.5 Å². The van der Waals surface area contributed by atoms with E-state index in [4.69, 9.17) is 0 Å². The Hall–Kier alpha value is -1.01. The highest BCUT2D eigenvalue weighted by Crippen LogP contribution is 2.43. The first-order valence-corrected chi connectivity index (χ1v) is 6.61. The van der Waals surface area contributed by atoms with Crippen LogP contribution in [-0.4, -0.2) is 28.6 Å². The maximum atomic E-state index is 11.8. The molecule has 2 atom stereocenters. The summed E-state index contributed by atoms with van der Waals surface area (Å²) in [7, 11) is 0. The first-order chi connectivity index (χ1) is 7.59. The number of hydrogen-bond acceptors (Lipinski definition) is 5. The summed E-state index contributed by atoms with van der Waals surface area (Å²) < 4.78 is 0. The third-order valence-corrected chi connectivity index (χ3v) is 4.78. The molecule has 1 aromatic rings. The average Bonchev–Trinajstić information content (AvgIpc) is 2.81. The van der Waals surface area contributed by atoms with Gasteiger partial charge in [0.05, 0.1) is 17.8 Å². The third kappa shape index (κ3) is 2.08. The van der Waals surface area contributed by atoms with Crippen LogP contribution >= 0.6 is 23.1 Å². The van der Waals surface area contributed by atoms with E-state index in [9.17, 15) is 14.7 Å². The molecule has 1 fully saturated rings. The zero-order valence-electron chi connectivity index (χ0n) is 8.58. The third-order valence-electron chi connectivity index (χ3n) is 2.33. The molecule has 0 aliphatic carbocycles. The van der Waals surface area contributed by atoms with Gasteiger partial charge in [-0.2, -0.15) is 0 Å². The van der Waals surface area contributed by atoms with Crippen LogP contribution in [0.15, 0.2) is 17.5 Å². The van der Waals surface area contributed by atoms with Gasteiger partial charge < -0.3 is 14.8 Å². The lowest BCUT2D eigenvalue weighted by molar-refractivity contribution is -0.306. The number of amides is 1. The second kappa shape index (κ2) is 4.47. The van der Waals surface area contributed by atoms with Gasteiger partial charge in [-0.1, -0.05) is 6.07 Å². The molecule has 1 aromatic heterocycles. The van der Waals surface area contributed by atoms with Crippen LogP contribution in [0.2, 0.25) is 0 Å². The van der Waals surface area contributed by atoms with Gasteiger partial charge in [-0.05, 0) is 18.4 Å². The zero-order chi connectivity index (χ0) is 11.7. The van der Waals surface area contributed by atoms with Crippen molar-refractivity contribution >= 4 is 35.0 Å². The first-order valence-electron chi connectivity index (χ1n) is 4.79. The van der Waals surface area contributed by atoms with Crippen LogP contribution in [0.25, 0.3) is 0 Å². The van der Waals surface area contributed by atoms with Crippen molar-refractivity contribution in [3.63, 3.8) is 0 Å². The van der Waals surface area contributed by atoms with Gasteiger partial charge in [0.2, 0.25) is 5.91 Å². The fourth-order valence-electron chi connectivity index (χ4n) is 1.63. The van der Waals surface area contributed by atoms with Gasteiger partial charge in [0.15, 0.2) is 0 Å². The molecule has 1 aliphatic heterocycles. The highest BCUT2D eigenvalue weighted by Gasteiger charge is 2.38. The van der Waals surface area contributed by atoms with Gasteiger partial charge in [0.25, 0.3) is 0 Å². The minimum Gasteiger partial charge on any atom is -0.548 e. The van der Waals surface area contributed by atoms with Gasteiger partial charge in [-0.25, -0.2) is 0 Å². The molecule has 0 unspecified atom stereocenters. The highest BCUT2D eigenvalue weighted by atomic mass is 32.2. The van der Waals surface area contributed by atoms with Crippen molar-refractivity contribution in [2.45, 2.75) is 17.5 Å². The van der Waals surface area contributed by atoms with E-state index in [0.29, 0.717) is 0 Å². The van der Waals surface area contributed by atoms with Gasteiger partial charge in [-0.15, -0.1) is 23.1 Å². The van der Waals surface area contributed by atoms with Crippen molar-refractivity contribution in [3.8, 4) is 0 Å². The molecule has 1 amide bonds. The topological polar surface area (TPSA) is 60.4 Å². The molecular formula is C10H10NO3S2-. The van der Waals surface area contributed by atoms with Crippen LogP contribution in [0.1, 0.15) is 17.2 Å². The fourth-order valence-corrected chi connectivity index (χ4v) is 3.85. The quantitative estimate of drug-likeness (QED) is 0.788. The molecule has 0 spiro atoms. The number of hydrogen-bond donors (Lipinski definition) is 0. The summed E-state index contributed by atoms with van der Waals surface area (Å²) in [5, 5.41) is 12.2. The van der Waals surface area contributed by atoms with E-state index in [1.165, 1.54) is 28.0 Å². The smallest absolute Gasteiger partial charge is 0.237 e. The predicted octanol–water partition coefficient (Wildman–Crippen LogP) is 0.460. The average molecular weight is 256 g/mol. The van der Waals surface area contributed by atoms with Crippen LogP contribution in [0.4, 0.5) is 0 Å². The summed E-state index contributed by atoms with van der Waals surface area (Å²) in [5.41, 5.74) is 0. The minimum absolute atomic E-state index is 0.132. The Morgan fingerprint density at radius 3 is 2.94 bits per heavy atom. The molecule has 0 N–H and O–H groups in total. The molecule has 6 heteroatoms. The van der Waals surface area contributed by atoms with Crippen molar-refractivity contribution in [2.24, 2.45) is 0 Å². The van der Waals surface area contributed by atoms with Crippen molar-refractivity contribution in [2.75, 3.05) is 6.54 Å². The summed E-state index contributed by atoms with van der Waals surface area (Å²) >= 11 is 3.00. The minimum atomic E-state index is -1.22. The maximum Gasteiger partial charge on any atom is 0.237 e. The number of thioether (sulfide) groups is 1. The van der Waals surface area contributed by atoms with E-state index >= 15 is 0 Å². The second-order valence-electron chi connectivity index (χ2n) is 3.48. The lowest BCUT2D eigenvalue weighted by atomic mass is 10.3. The number of thiophene rings is 1. The van der Waals surface area contributed by atoms with Gasteiger partial charge >= 0.3 is 0 Å². The summed E-state index contributed by atoms with van der Waals surface area (Å²) in [6.07, 6.45) is 0. The summed E-state index contributed by atoms with van der Waals surface area (Å²) in [6.45, 7) is 1.46. The Balaban J connectivity index is 2.23. The van der Waals surface area contributed by atoms with Crippen LogP contribution < -0.4 is 5.11 Å². The number of carboxylic acid groups (broad SMARTS) is 1. The van der Waals surface area contributed by atoms with E-state index < -0.39 is 5.97 Å². The Morgan fingerprint density at radius 1 is 1.62 bits per heavy atom. The lowest BCUT2D eigenvalue weighted by Crippen LogP contribution is -2.40. The van der Waals surface area contributed by atoms with Crippen molar-refractivity contribution < 1.29 is 14.7 Å². The molecule has 4 nitrogen and oxygen atoms in total. The number of carboxylic acids is 1. The monoisotopic (exact) mass is 256 g/mol. The Labute approximate surface area is 101 Å². The van der Waals surface area contributed by atoms with E-state index in [-0.39, 0.29) is 23.1 Å². The molecule has 86 valence electrons. The molecular weight excluding hydrogens is 246 g/mol. The maximum absolute atomic E-state index is 11.8. The predicted molar refractivity (Wildman–Crippen MR) is 60.8 cm³/mol. The molecule has 0 bridgehead atoms. The molecule has 2 rings (SSSR count). The first kappa shape index (κ1) is 11.5. The molecule has 2 heterocycles. The SMILES string of the molecule is C[C@H]1S[C@H](c2cccs2)N(CC(=O)[O-])C1=O. The van der Waals surface area contributed by atoms with Gasteiger partial charge in [-0.3, -0.25) is 4.79 Å². The van der Waals surface area contributed by atoms with E-state index in [0.717, 1.165) is 4.88 Å². The Morgan fingerprint density at radius 2 is 2.38 bits per heavy atom. The van der Waals surface area contributed by atoms with Gasteiger partial charge in [0, 0.05) is 4.88 Å². The number of aliphatic carboxylic acids is 1. The number of carbonyl (C=O) groups is 2. The van der Waals surface area contributed by atoms with Crippen LogP contribution in [0.5, 0.6) is 0 Å². The number of carbonyl (C=O) groups excluding carboxylic acids is 2. The molecule has 16 heavy (non-hydrogen) atoms. The molecule has 1 aliphatic rings. The lowest BCUT2D eigenvalue weighted by Gasteiger charge is -2.23. The summed E-state index contributed by atoms with van der Waals surface area (Å²) in [5.74, 6) is -1.35. The molecule has 0 saturated carbocycles. The molecule has 0 aromatic carbocycles. The molecule has 1 saturated heterocycles. The second-order valence-corrected chi connectivity index (χ2v) is 5.89. The van der Waals surface area contributed by atoms with E-state index in [2.05, 4.69) is 0 Å². The Bertz CT molecular complexity index is 404. The standard InChI is InChI=1S/C10H11NO3S2/c1-6-9(14)11(5-8(12)13)10(16-6)7-3-2-4-15-7/h2-4,6,10H,5H2,1H3,(H,12,13)/p-1/t6-,10-/m1/s1. The van der Waals surface area contributed by atoms with Crippen LogP contribution in [-0.2, 0) is 9.59 Å². The highest BCUT2D eigenvalue weighted by molar-refractivity contribution is 8.01. The summed E-state index contributed by atoms with van der Waals surface area (Å²) in [4.78, 5) is 24.8. The number of rotatable bonds is 3. The van der Waals surface area contributed by atoms with E-state index in [1.54, 1.807) is 6.92 Å². The number of nitrogens with zero attached hydrogens (tertiary/aromatic N) is 1. The van der Waals surface area contributed by atoms with Gasteiger partial charge in [0.1, 0.15) is 5.37 Å². The van der Waals surface area contributed by atoms with Crippen molar-refractivity contribution in [3.05, 3.63) is 22.4 Å². The molecule has 0 radical (unpaired) electrons. The van der Waals surface area contributed by atoms with Crippen LogP contribution in [0, 0.1) is 0 Å². The summed E-state index contributed by atoms with van der Waals surface area (Å²) in [6, 6.07) is 3.81. The zero-order valence-corrected chi connectivity index (χ0v) is 10.2. The fraction of sp³-hybridized carbons (Fsp3) is 0.400. The Kier molecular flexibility index (Phi) is 3.20. The largest absolute Gasteiger partial charge is 0.548 e. The normalized spacial score (nSPS) is 25.1. The van der Waals surface area contributed by atoms with Crippen molar-refractivity contribution in [1.29, 1.82) is 0 Å². The van der Waals surface area contributed by atoms with Crippen molar-refractivity contribution in [1.82, 2.24) is 4.90 Å². The van der Waals surface area contributed by atoms with Crippen LogP contribution in [0.3, 0.4) is 0 Å².